The van der Waals surface area contributed by atoms with Gasteiger partial charge in [-0.05, 0) is 26.7 Å². The summed E-state index contributed by atoms with van der Waals surface area (Å²) in [6.07, 6.45) is 0. The molecule has 0 spiro atoms. The molecule has 0 amide bonds. The molecule has 5 heteroatoms. The van der Waals surface area contributed by atoms with Crippen molar-refractivity contribution in [2.75, 3.05) is 30.4 Å². The molecule has 0 saturated carbocycles. The first-order valence-corrected chi connectivity index (χ1v) is 7.38. The molecule has 0 radical (unpaired) electrons. The van der Waals surface area contributed by atoms with Gasteiger partial charge in [0.05, 0.1) is 0 Å². The average molecular weight is 280 g/mol. The van der Waals surface area contributed by atoms with Gasteiger partial charge >= 0.3 is 0 Å². The van der Waals surface area contributed by atoms with Crippen molar-refractivity contribution in [1.29, 1.82) is 0 Å². The van der Waals surface area contributed by atoms with Crippen molar-refractivity contribution in [1.82, 2.24) is 9.97 Å². The highest BCUT2D eigenvalue weighted by Gasteiger charge is 2.15. The van der Waals surface area contributed by atoms with Crippen molar-refractivity contribution in [2.24, 2.45) is 5.92 Å². The Morgan fingerprint density at radius 3 is 2.45 bits per heavy atom. The van der Waals surface area contributed by atoms with Gasteiger partial charge in [-0.3, -0.25) is 0 Å². The summed E-state index contributed by atoms with van der Waals surface area (Å²) in [6.45, 7) is 12.9. The highest BCUT2D eigenvalue weighted by Crippen LogP contribution is 2.20. The van der Waals surface area contributed by atoms with Crippen LogP contribution in [0.1, 0.15) is 40.4 Å². The second-order valence-corrected chi connectivity index (χ2v) is 5.55. The van der Waals surface area contributed by atoms with E-state index in [1.54, 1.807) is 0 Å². The second kappa shape index (κ2) is 8.04. The maximum atomic E-state index is 5.42. The van der Waals surface area contributed by atoms with E-state index in [0.717, 1.165) is 24.0 Å². The molecule has 0 aliphatic rings. The number of aromatic nitrogens is 2. The molecule has 20 heavy (non-hydrogen) atoms. The summed E-state index contributed by atoms with van der Waals surface area (Å²) in [4.78, 5) is 11.4. The third-order valence-corrected chi connectivity index (χ3v) is 2.93. The fourth-order valence-corrected chi connectivity index (χ4v) is 1.98. The standard InChI is InChI=1S/C15H28N4O/c1-7-20-10-14-17-13(16-6)8-15(18-14)19(12(4)5)9-11(2)3/h8,11-12H,7,9-10H2,1-6H3,(H,16,17,18). The summed E-state index contributed by atoms with van der Waals surface area (Å²) in [5.74, 6) is 3.10. The van der Waals surface area contributed by atoms with Crippen LogP contribution in [-0.2, 0) is 11.3 Å². The van der Waals surface area contributed by atoms with Crippen LogP contribution in [0, 0.1) is 5.92 Å². The van der Waals surface area contributed by atoms with E-state index in [-0.39, 0.29) is 0 Å². The van der Waals surface area contributed by atoms with Crippen molar-refractivity contribution in [2.45, 2.75) is 47.3 Å². The Morgan fingerprint density at radius 1 is 1.25 bits per heavy atom. The predicted octanol–water partition coefficient (Wildman–Crippen LogP) is 2.93. The number of rotatable bonds is 8. The lowest BCUT2D eigenvalue weighted by atomic mass is 10.2. The molecular weight excluding hydrogens is 252 g/mol. The maximum Gasteiger partial charge on any atom is 0.158 e. The van der Waals surface area contributed by atoms with E-state index in [9.17, 15) is 0 Å². The van der Waals surface area contributed by atoms with Gasteiger partial charge in [-0.15, -0.1) is 0 Å². The third-order valence-electron chi connectivity index (χ3n) is 2.93. The van der Waals surface area contributed by atoms with E-state index in [1.807, 2.05) is 20.0 Å². The van der Waals surface area contributed by atoms with Crippen LogP contribution in [-0.4, -0.2) is 36.2 Å². The monoisotopic (exact) mass is 280 g/mol. The highest BCUT2D eigenvalue weighted by atomic mass is 16.5. The van der Waals surface area contributed by atoms with E-state index in [0.29, 0.717) is 25.2 Å². The largest absolute Gasteiger partial charge is 0.374 e. The van der Waals surface area contributed by atoms with Crippen LogP contribution in [0.15, 0.2) is 6.07 Å². The van der Waals surface area contributed by atoms with E-state index >= 15 is 0 Å². The van der Waals surface area contributed by atoms with E-state index in [4.69, 9.17) is 4.74 Å². The van der Waals surface area contributed by atoms with Gasteiger partial charge in [0, 0.05) is 32.3 Å². The topological polar surface area (TPSA) is 50.3 Å². The summed E-state index contributed by atoms with van der Waals surface area (Å²) in [7, 11) is 1.87. The third kappa shape index (κ3) is 4.96. The van der Waals surface area contributed by atoms with Gasteiger partial charge in [0.2, 0.25) is 0 Å². The minimum Gasteiger partial charge on any atom is -0.374 e. The quantitative estimate of drug-likeness (QED) is 0.793. The molecule has 1 rings (SSSR count). The molecule has 0 saturated heterocycles. The first-order valence-electron chi connectivity index (χ1n) is 7.38. The summed E-state index contributed by atoms with van der Waals surface area (Å²) < 4.78 is 5.42. The van der Waals surface area contributed by atoms with E-state index in [2.05, 4.69) is 47.9 Å². The molecule has 0 aromatic carbocycles. The second-order valence-electron chi connectivity index (χ2n) is 5.55. The molecule has 5 nitrogen and oxygen atoms in total. The van der Waals surface area contributed by atoms with Crippen molar-refractivity contribution < 1.29 is 4.74 Å². The summed E-state index contributed by atoms with van der Waals surface area (Å²) in [6, 6.07) is 2.40. The zero-order chi connectivity index (χ0) is 15.1. The van der Waals surface area contributed by atoms with E-state index in [1.165, 1.54) is 0 Å². The van der Waals surface area contributed by atoms with Crippen LogP contribution in [0.4, 0.5) is 11.6 Å². The molecule has 0 fully saturated rings. The van der Waals surface area contributed by atoms with Crippen LogP contribution in [0.3, 0.4) is 0 Å². The number of ether oxygens (including phenoxy) is 1. The minimum absolute atomic E-state index is 0.400. The first kappa shape index (κ1) is 16.7. The summed E-state index contributed by atoms with van der Waals surface area (Å²) in [5.41, 5.74) is 0. The fraction of sp³-hybridized carbons (Fsp3) is 0.733. The SMILES string of the molecule is CCOCc1nc(NC)cc(N(CC(C)C)C(C)C)n1. The van der Waals surface area contributed by atoms with Crippen LogP contribution >= 0.6 is 0 Å². The Hall–Kier alpha value is -1.36. The minimum atomic E-state index is 0.400. The number of anilines is 2. The van der Waals surface area contributed by atoms with Gasteiger partial charge in [0.25, 0.3) is 0 Å². The van der Waals surface area contributed by atoms with Gasteiger partial charge in [0.1, 0.15) is 18.2 Å². The lowest BCUT2D eigenvalue weighted by Gasteiger charge is -2.30. The first-order chi connectivity index (χ1) is 9.47. The molecule has 0 unspecified atom stereocenters. The summed E-state index contributed by atoms with van der Waals surface area (Å²) in [5, 5.41) is 3.10. The molecule has 0 aliphatic carbocycles. The molecule has 1 N–H and O–H groups in total. The molecule has 0 aliphatic heterocycles. The van der Waals surface area contributed by atoms with E-state index < -0.39 is 0 Å². The van der Waals surface area contributed by atoms with Crippen LogP contribution < -0.4 is 10.2 Å². The Morgan fingerprint density at radius 2 is 1.95 bits per heavy atom. The normalized spacial score (nSPS) is 11.2. The van der Waals surface area contributed by atoms with Crippen molar-refractivity contribution in [3.8, 4) is 0 Å². The van der Waals surface area contributed by atoms with Crippen molar-refractivity contribution in [3.05, 3.63) is 11.9 Å². The van der Waals surface area contributed by atoms with Gasteiger partial charge < -0.3 is 15.0 Å². The van der Waals surface area contributed by atoms with Gasteiger partial charge in [-0.2, -0.15) is 0 Å². The number of nitrogens with one attached hydrogen (secondary N) is 1. The number of nitrogens with zero attached hydrogens (tertiary/aromatic N) is 3. The molecule has 1 aromatic rings. The lowest BCUT2D eigenvalue weighted by Crippen LogP contribution is -2.35. The lowest BCUT2D eigenvalue weighted by molar-refractivity contribution is 0.128. The Balaban J connectivity index is 3.05. The summed E-state index contributed by atoms with van der Waals surface area (Å²) >= 11 is 0. The zero-order valence-electron chi connectivity index (χ0n) is 13.6. The van der Waals surface area contributed by atoms with Crippen molar-refractivity contribution >= 4 is 11.6 Å². The van der Waals surface area contributed by atoms with Crippen LogP contribution in [0.2, 0.25) is 0 Å². The number of hydrogen-bond donors (Lipinski definition) is 1. The van der Waals surface area contributed by atoms with Crippen LogP contribution in [0.5, 0.6) is 0 Å². The zero-order valence-corrected chi connectivity index (χ0v) is 13.6. The molecule has 1 aromatic heterocycles. The fourth-order valence-electron chi connectivity index (χ4n) is 1.98. The van der Waals surface area contributed by atoms with Gasteiger partial charge in [-0.1, -0.05) is 13.8 Å². The smallest absolute Gasteiger partial charge is 0.158 e. The van der Waals surface area contributed by atoms with Crippen molar-refractivity contribution in [3.63, 3.8) is 0 Å². The molecule has 114 valence electrons. The molecule has 0 bridgehead atoms. The average Bonchev–Trinajstić information content (AvgIpc) is 2.41. The highest BCUT2D eigenvalue weighted by molar-refractivity contribution is 5.49. The molecule has 1 heterocycles. The Kier molecular flexibility index (Phi) is 6.71. The van der Waals surface area contributed by atoms with Gasteiger partial charge in [-0.25, -0.2) is 9.97 Å². The molecule has 0 atom stereocenters. The van der Waals surface area contributed by atoms with Crippen LogP contribution in [0.25, 0.3) is 0 Å². The Bertz CT molecular complexity index is 407. The van der Waals surface area contributed by atoms with Gasteiger partial charge in [0.15, 0.2) is 5.82 Å². The maximum absolute atomic E-state index is 5.42. The predicted molar refractivity (Wildman–Crippen MR) is 84.2 cm³/mol. The number of hydrogen-bond acceptors (Lipinski definition) is 5. The molecular formula is C15H28N4O. The Labute approximate surface area is 122 Å².